The molecule has 0 spiro atoms. The van der Waals surface area contributed by atoms with Crippen LogP contribution in [0.5, 0.6) is 0 Å². The monoisotopic (exact) mass is 605 g/mol. The van der Waals surface area contributed by atoms with Crippen molar-refractivity contribution in [1.82, 2.24) is 14.8 Å². The second-order valence-electron chi connectivity index (χ2n) is 10.3. The topological polar surface area (TPSA) is 140 Å². The molecule has 0 radical (unpaired) electrons. The van der Waals surface area contributed by atoms with Gasteiger partial charge in [0.2, 0.25) is 5.91 Å². The number of carbonyl (C=O) groups excluding carboxylic acids is 2. The number of oxime groups is 1. The lowest BCUT2D eigenvalue weighted by Gasteiger charge is -2.21. The fourth-order valence-corrected chi connectivity index (χ4v) is 7.24. The number of nitrogens with zero attached hydrogens (tertiary/aromatic N) is 4. The summed E-state index contributed by atoms with van der Waals surface area (Å²) < 4.78 is 35.5. The van der Waals surface area contributed by atoms with Crippen LogP contribution in [0.15, 0.2) is 40.5 Å². The van der Waals surface area contributed by atoms with E-state index in [1.165, 1.54) is 30.6 Å². The molecular formula is C27H35N5O7S2. The Labute approximate surface area is 243 Å². The summed E-state index contributed by atoms with van der Waals surface area (Å²) >= 11 is 1.37. The summed E-state index contributed by atoms with van der Waals surface area (Å²) in [7, 11) is -1.83. The molecule has 1 aliphatic carbocycles. The van der Waals surface area contributed by atoms with Crippen LogP contribution in [0, 0.1) is 0 Å². The first kappa shape index (κ1) is 29.6. The van der Waals surface area contributed by atoms with Crippen molar-refractivity contribution in [2.24, 2.45) is 5.16 Å². The molecular weight excluding hydrogens is 570 g/mol. The highest BCUT2D eigenvalue weighted by Crippen LogP contribution is 2.33. The van der Waals surface area contributed by atoms with Gasteiger partial charge in [0, 0.05) is 62.9 Å². The molecule has 1 saturated carbocycles. The molecule has 3 heterocycles. The van der Waals surface area contributed by atoms with Gasteiger partial charge in [-0.05, 0) is 31.4 Å². The van der Waals surface area contributed by atoms with E-state index in [9.17, 15) is 18.0 Å². The number of amides is 2. The summed E-state index contributed by atoms with van der Waals surface area (Å²) in [5.74, 6) is -0.511. The van der Waals surface area contributed by atoms with Crippen molar-refractivity contribution < 1.29 is 32.3 Å². The molecule has 3 fully saturated rings. The van der Waals surface area contributed by atoms with E-state index in [1.54, 1.807) is 18.3 Å². The first-order chi connectivity index (χ1) is 19.8. The van der Waals surface area contributed by atoms with Crippen LogP contribution in [-0.4, -0.2) is 105 Å². The minimum atomic E-state index is -3.35. The van der Waals surface area contributed by atoms with Crippen molar-refractivity contribution in [2.45, 2.75) is 48.5 Å². The number of methoxy groups -OCH3 is 1. The van der Waals surface area contributed by atoms with Crippen molar-refractivity contribution >= 4 is 43.8 Å². The van der Waals surface area contributed by atoms with E-state index in [1.807, 2.05) is 4.90 Å². The average molecular weight is 606 g/mol. The number of thiazole rings is 1. The molecule has 1 atom stereocenters. The van der Waals surface area contributed by atoms with Gasteiger partial charge >= 0.3 is 0 Å². The van der Waals surface area contributed by atoms with E-state index >= 15 is 0 Å². The molecule has 222 valence electrons. The van der Waals surface area contributed by atoms with Crippen LogP contribution in [0.1, 0.15) is 36.1 Å². The van der Waals surface area contributed by atoms with E-state index in [-0.39, 0.29) is 34.5 Å². The molecule has 41 heavy (non-hydrogen) atoms. The van der Waals surface area contributed by atoms with Crippen LogP contribution in [0.4, 0.5) is 5.13 Å². The minimum Gasteiger partial charge on any atom is -0.389 e. The maximum absolute atomic E-state index is 13.4. The van der Waals surface area contributed by atoms with Crippen LogP contribution < -0.4 is 5.32 Å². The number of hydrogen-bond donors (Lipinski definition) is 1. The number of carbonyl (C=O) groups is 2. The van der Waals surface area contributed by atoms with E-state index in [0.29, 0.717) is 62.8 Å². The number of hydrogen-bond acceptors (Lipinski definition) is 11. The molecule has 3 aliphatic rings. The summed E-state index contributed by atoms with van der Waals surface area (Å²) in [6, 6.07) is 6.18. The molecule has 1 N–H and O–H groups in total. The number of benzene rings is 1. The normalized spacial score (nSPS) is 20.6. The molecule has 2 aliphatic heterocycles. The SMILES string of the molecule is COCC(=O)N1CCCN(Cc2cnc(NC(=O)/C(=N/O[C@@H]3CCOC3)c3ccc(S(=O)(=O)C4CC4)cc3)s2)CC1. The highest BCUT2D eigenvalue weighted by atomic mass is 32.2. The zero-order valence-electron chi connectivity index (χ0n) is 23.0. The Morgan fingerprint density at radius 2 is 1.95 bits per heavy atom. The predicted molar refractivity (Wildman–Crippen MR) is 153 cm³/mol. The Kier molecular flexibility index (Phi) is 9.65. The Morgan fingerprint density at radius 1 is 1.15 bits per heavy atom. The highest BCUT2D eigenvalue weighted by Gasteiger charge is 2.37. The lowest BCUT2D eigenvalue weighted by atomic mass is 10.1. The van der Waals surface area contributed by atoms with Gasteiger partial charge in [0.25, 0.3) is 5.91 Å². The predicted octanol–water partition coefficient (Wildman–Crippen LogP) is 1.91. The minimum absolute atomic E-state index is 0.00165. The first-order valence-electron chi connectivity index (χ1n) is 13.7. The van der Waals surface area contributed by atoms with E-state index < -0.39 is 15.7 Å². The second kappa shape index (κ2) is 13.4. The summed E-state index contributed by atoms with van der Waals surface area (Å²) in [5, 5.41) is 7.08. The maximum Gasteiger partial charge on any atom is 0.280 e. The summed E-state index contributed by atoms with van der Waals surface area (Å²) in [5.41, 5.74) is 0.461. The fourth-order valence-electron chi connectivity index (χ4n) is 4.73. The largest absolute Gasteiger partial charge is 0.389 e. The van der Waals surface area contributed by atoms with Crippen LogP contribution in [0.2, 0.25) is 0 Å². The lowest BCUT2D eigenvalue weighted by Crippen LogP contribution is -2.37. The molecule has 12 nitrogen and oxygen atoms in total. The number of rotatable bonds is 11. The van der Waals surface area contributed by atoms with Gasteiger partial charge in [0.15, 0.2) is 26.8 Å². The van der Waals surface area contributed by atoms with Crippen molar-refractivity contribution in [3.63, 3.8) is 0 Å². The van der Waals surface area contributed by atoms with Crippen molar-refractivity contribution in [3.05, 3.63) is 40.9 Å². The van der Waals surface area contributed by atoms with Crippen LogP contribution >= 0.6 is 11.3 Å². The number of ether oxygens (including phenoxy) is 2. The number of nitrogens with one attached hydrogen (secondary N) is 1. The molecule has 0 unspecified atom stereocenters. The number of sulfone groups is 1. The molecule has 0 bridgehead atoms. The molecule has 1 aromatic carbocycles. The van der Waals surface area contributed by atoms with Crippen LogP contribution in [0.25, 0.3) is 0 Å². The molecule has 1 aromatic heterocycles. The first-order valence-corrected chi connectivity index (χ1v) is 16.1. The summed E-state index contributed by atoms with van der Waals surface area (Å²) in [4.78, 5) is 40.8. The average Bonchev–Trinajstić information content (AvgIpc) is 3.62. The standard InChI is InChI=1S/C27H35N5O7S2/c1-37-18-24(33)32-11-2-10-31(12-13-32)16-21-15-28-27(40-21)29-26(34)25(30-39-20-9-14-38-17-20)19-3-5-22(6-4-19)41(35,36)23-7-8-23/h3-6,15,20,23H,2,7-14,16-18H2,1H3,(H,28,29,34)/b30-25+/t20-/m1/s1. The Bertz CT molecular complexity index is 1350. The zero-order chi connectivity index (χ0) is 28.8. The Morgan fingerprint density at radius 3 is 2.66 bits per heavy atom. The van der Waals surface area contributed by atoms with Gasteiger partial charge < -0.3 is 19.2 Å². The molecule has 2 saturated heterocycles. The number of anilines is 1. The van der Waals surface area contributed by atoms with E-state index in [0.717, 1.165) is 24.4 Å². The van der Waals surface area contributed by atoms with Gasteiger partial charge in [-0.15, -0.1) is 11.3 Å². The third-order valence-corrected chi connectivity index (χ3v) is 10.4. The van der Waals surface area contributed by atoms with Gasteiger partial charge in [-0.3, -0.25) is 19.8 Å². The molecule has 5 rings (SSSR count). The van der Waals surface area contributed by atoms with Crippen molar-refractivity contribution in [2.75, 3.05) is 58.4 Å². The van der Waals surface area contributed by atoms with Crippen LogP contribution in [0.3, 0.4) is 0 Å². The highest BCUT2D eigenvalue weighted by molar-refractivity contribution is 7.92. The van der Waals surface area contributed by atoms with Gasteiger partial charge in [0.1, 0.15) is 6.61 Å². The maximum atomic E-state index is 13.4. The van der Waals surface area contributed by atoms with Crippen molar-refractivity contribution in [1.29, 1.82) is 0 Å². The second-order valence-corrected chi connectivity index (χ2v) is 13.7. The fraction of sp³-hybridized carbons (Fsp3) is 0.556. The quantitative estimate of drug-likeness (QED) is 0.301. The molecule has 2 aromatic rings. The summed E-state index contributed by atoms with van der Waals surface area (Å²) in [6.07, 6.45) is 4.37. The Balaban J connectivity index is 1.24. The third kappa shape index (κ3) is 7.68. The van der Waals surface area contributed by atoms with Crippen molar-refractivity contribution in [3.8, 4) is 0 Å². The van der Waals surface area contributed by atoms with Gasteiger partial charge in [-0.25, -0.2) is 13.4 Å². The lowest BCUT2D eigenvalue weighted by molar-refractivity contribution is -0.135. The zero-order valence-corrected chi connectivity index (χ0v) is 24.6. The molecule has 14 heteroatoms. The van der Waals surface area contributed by atoms with E-state index in [2.05, 4.69) is 20.4 Å². The Hall–Kier alpha value is -2.91. The molecule has 2 amide bonds. The summed E-state index contributed by atoms with van der Waals surface area (Å²) in [6.45, 7) is 4.62. The van der Waals surface area contributed by atoms with Gasteiger partial charge in [0.05, 0.1) is 23.4 Å². The van der Waals surface area contributed by atoms with Gasteiger partial charge in [-0.2, -0.15) is 0 Å². The smallest absolute Gasteiger partial charge is 0.280 e. The third-order valence-electron chi connectivity index (χ3n) is 7.18. The van der Waals surface area contributed by atoms with E-state index in [4.69, 9.17) is 14.3 Å². The van der Waals surface area contributed by atoms with Crippen LogP contribution in [-0.2, 0) is 40.3 Å². The number of aromatic nitrogens is 1. The van der Waals surface area contributed by atoms with Gasteiger partial charge in [-0.1, -0.05) is 17.3 Å².